The minimum absolute atomic E-state index is 0.178. The minimum atomic E-state index is -0.399. The lowest BCUT2D eigenvalue weighted by Gasteiger charge is -2.47. The van der Waals surface area contributed by atoms with Crippen LogP contribution in [0.4, 0.5) is 4.79 Å². The molecule has 0 spiro atoms. The van der Waals surface area contributed by atoms with Gasteiger partial charge in [0.15, 0.2) is 0 Å². The number of carbonyl (C=O) groups excluding carboxylic acids is 1. The zero-order valence-corrected chi connectivity index (χ0v) is 11.8. The van der Waals surface area contributed by atoms with E-state index in [2.05, 4.69) is 0 Å². The van der Waals surface area contributed by atoms with Crippen LogP contribution in [-0.4, -0.2) is 36.2 Å². The number of amides is 1. The van der Waals surface area contributed by atoms with Gasteiger partial charge in [0.2, 0.25) is 0 Å². The monoisotopic (exact) mass is 254 g/mol. The molecular weight excluding hydrogens is 228 g/mol. The second-order valence-electron chi connectivity index (χ2n) is 6.74. The first-order valence-electron chi connectivity index (χ1n) is 7.08. The number of nitrogens with two attached hydrogens (primary N) is 1. The fourth-order valence-electron chi connectivity index (χ4n) is 2.90. The summed E-state index contributed by atoms with van der Waals surface area (Å²) in [6.07, 6.45) is 3.82. The van der Waals surface area contributed by atoms with E-state index in [4.69, 9.17) is 10.5 Å². The van der Waals surface area contributed by atoms with Gasteiger partial charge in [-0.15, -0.1) is 0 Å². The molecule has 1 aliphatic heterocycles. The fraction of sp³-hybridized carbons (Fsp3) is 0.929. The molecule has 1 amide bonds. The van der Waals surface area contributed by atoms with Crippen molar-refractivity contribution >= 4 is 6.09 Å². The molecule has 1 atom stereocenters. The Morgan fingerprint density at radius 1 is 1.33 bits per heavy atom. The van der Waals surface area contributed by atoms with Crippen LogP contribution in [0.3, 0.4) is 0 Å². The Morgan fingerprint density at radius 3 is 2.33 bits per heavy atom. The van der Waals surface area contributed by atoms with Crippen LogP contribution in [0.25, 0.3) is 0 Å². The van der Waals surface area contributed by atoms with Gasteiger partial charge >= 0.3 is 6.09 Å². The average Bonchev–Trinajstić information content (AvgIpc) is 2.07. The lowest BCUT2D eigenvalue weighted by atomic mass is 9.68. The van der Waals surface area contributed by atoms with E-state index >= 15 is 0 Å². The molecule has 1 saturated heterocycles. The van der Waals surface area contributed by atoms with Gasteiger partial charge in [0.1, 0.15) is 5.60 Å². The molecule has 2 rings (SSSR count). The zero-order valence-electron chi connectivity index (χ0n) is 11.8. The number of likely N-dealkylation sites (tertiary alicyclic amines) is 1. The zero-order chi connectivity index (χ0) is 13.3. The van der Waals surface area contributed by atoms with Crippen molar-refractivity contribution in [2.75, 3.05) is 19.6 Å². The van der Waals surface area contributed by atoms with Gasteiger partial charge in [-0.05, 0) is 45.1 Å². The van der Waals surface area contributed by atoms with Crippen molar-refractivity contribution in [3.8, 4) is 0 Å². The van der Waals surface area contributed by atoms with Crippen LogP contribution >= 0.6 is 0 Å². The average molecular weight is 254 g/mol. The van der Waals surface area contributed by atoms with Gasteiger partial charge in [-0.2, -0.15) is 0 Å². The highest BCUT2D eigenvalue weighted by atomic mass is 16.6. The second-order valence-corrected chi connectivity index (χ2v) is 6.74. The molecule has 0 aromatic carbocycles. The first-order valence-corrected chi connectivity index (χ1v) is 7.08. The van der Waals surface area contributed by atoms with Crippen molar-refractivity contribution in [1.82, 2.24) is 4.90 Å². The summed E-state index contributed by atoms with van der Waals surface area (Å²) in [4.78, 5) is 13.6. The molecular formula is C14H26N2O2. The molecule has 18 heavy (non-hydrogen) atoms. The Bertz CT molecular complexity index is 301. The molecule has 4 nitrogen and oxygen atoms in total. The summed E-state index contributed by atoms with van der Waals surface area (Å²) in [7, 11) is 0. The standard InChI is InChI=1S/C14H26N2O2/c1-14(2,3)18-13(17)16-8-11(9-16)12(7-15)10-5-4-6-10/h10-12H,4-9,15H2,1-3H3. The van der Waals surface area contributed by atoms with E-state index < -0.39 is 5.60 Å². The maximum Gasteiger partial charge on any atom is 0.410 e. The van der Waals surface area contributed by atoms with E-state index in [1.807, 2.05) is 20.8 Å². The third-order valence-electron chi connectivity index (χ3n) is 4.19. The van der Waals surface area contributed by atoms with E-state index in [-0.39, 0.29) is 6.09 Å². The molecule has 2 N–H and O–H groups in total. The van der Waals surface area contributed by atoms with E-state index in [9.17, 15) is 4.79 Å². The molecule has 4 heteroatoms. The predicted octanol–water partition coefficient (Wildman–Crippen LogP) is 2.23. The molecule has 0 radical (unpaired) electrons. The lowest BCUT2D eigenvalue weighted by molar-refractivity contribution is -0.0217. The molecule has 104 valence electrons. The molecule has 2 aliphatic rings. The van der Waals surface area contributed by atoms with E-state index in [0.717, 1.165) is 25.6 Å². The van der Waals surface area contributed by atoms with Gasteiger partial charge in [0, 0.05) is 13.1 Å². The van der Waals surface area contributed by atoms with Gasteiger partial charge < -0.3 is 15.4 Å². The van der Waals surface area contributed by atoms with Crippen molar-refractivity contribution in [2.24, 2.45) is 23.5 Å². The number of rotatable bonds is 3. The molecule has 1 unspecified atom stereocenters. The molecule has 2 fully saturated rings. The highest BCUT2D eigenvalue weighted by molar-refractivity contribution is 5.69. The van der Waals surface area contributed by atoms with Crippen LogP contribution in [0.1, 0.15) is 40.0 Å². The Kier molecular flexibility index (Phi) is 3.85. The molecule has 1 aliphatic carbocycles. The number of nitrogens with zero attached hydrogens (tertiary/aromatic N) is 1. The Morgan fingerprint density at radius 2 is 1.94 bits per heavy atom. The van der Waals surface area contributed by atoms with Crippen molar-refractivity contribution in [3.05, 3.63) is 0 Å². The van der Waals surface area contributed by atoms with E-state index in [0.29, 0.717) is 11.8 Å². The van der Waals surface area contributed by atoms with E-state index in [1.165, 1.54) is 19.3 Å². The maximum absolute atomic E-state index is 11.8. The molecule has 1 heterocycles. The second kappa shape index (κ2) is 5.08. The lowest BCUT2D eigenvalue weighted by Crippen LogP contribution is -2.56. The van der Waals surface area contributed by atoms with Crippen molar-refractivity contribution < 1.29 is 9.53 Å². The summed E-state index contributed by atoms with van der Waals surface area (Å²) in [5, 5.41) is 0. The van der Waals surface area contributed by atoms with Crippen molar-refractivity contribution in [1.29, 1.82) is 0 Å². The summed E-state index contributed by atoms with van der Waals surface area (Å²) in [6.45, 7) is 8.12. The third kappa shape index (κ3) is 2.97. The molecule has 0 bridgehead atoms. The minimum Gasteiger partial charge on any atom is -0.444 e. The molecule has 1 saturated carbocycles. The maximum atomic E-state index is 11.8. The van der Waals surface area contributed by atoms with Crippen LogP contribution in [-0.2, 0) is 4.74 Å². The van der Waals surface area contributed by atoms with Gasteiger partial charge in [-0.3, -0.25) is 0 Å². The van der Waals surface area contributed by atoms with Crippen LogP contribution in [0.15, 0.2) is 0 Å². The van der Waals surface area contributed by atoms with E-state index in [1.54, 1.807) is 4.90 Å². The smallest absolute Gasteiger partial charge is 0.410 e. The third-order valence-corrected chi connectivity index (χ3v) is 4.19. The number of hydrogen-bond acceptors (Lipinski definition) is 3. The summed E-state index contributed by atoms with van der Waals surface area (Å²) in [5.74, 6) is 2.01. The summed E-state index contributed by atoms with van der Waals surface area (Å²) < 4.78 is 5.36. The number of carbonyl (C=O) groups is 1. The fourth-order valence-corrected chi connectivity index (χ4v) is 2.90. The quantitative estimate of drug-likeness (QED) is 0.840. The van der Waals surface area contributed by atoms with Crippen LogP contribution in [0.2, 0.25) is 0 Å². The van der Waals surface area contributed by atoms with Crippen LogP contribution in [0.5, 0.6) is 0 Å². The van der Waals surface area contributed by atoms with Gasteiger partial charge in [-0.1, -0.05) is 19.3 Å². The van der Waals surface area contributed by atoms with Crippen LogP contribution in [0, 0.1) is 17.8 Å². The SMILES string of the molecule is CC(C)(C)OC(=O)N1CC(C(CN)C2CCC2)C1. The topological polar surface area (TPSA) is 55.6 Å². The summed E-state index contributed by atoms with van der Waals surface area (Å²) in [5.41, 5.74) is 5.48. The van der Waals surface area contributed by atoms with Crippen molar-refractivity contribution in [3.63, 3.8) is 0 Å². The largest absolute Gasteiger partial charge is 0.444 e. The Hall–Kier alpha value is -0.770. The highest BCUT2D eigenvalue weighted by Gasteiger charge is 2.41. The first-order chi connectivity index (χ1) is 8.40. The van der Waals surface area contributed by atoms with Gasteiger partial charge in [0.25, 0.3) is 0 Å². The Labute approximate surface area is 110 Å². The first kappa shape index (κ1) is 13.7. The summed E-state index contributed by atoms with van der Waals surface area (Å²) in [6, 6.07) is 0. The van der Waals surface area contributed by atoms with Gasteiger partial charge in [-0.25, -0.2) is 4.79 Å². The predicted molar refractivity (Wildman–Crippen MR) is 71.2 cm³/mol. The number of hydrogen-bond donors (Lipinski definition) is 1. The molecule has 0 aromatic rings. The molecule has 0 aromatic heterocycles. The normalized spacial score (nSPS) is 23.2. The van der Waals surface area contributed by atoms with Crippen LogP contribution < -0.4 is 5.73 Å². The van der Waals surface area contributed by atoms with Gasteiger partial charge in [0.05, 0.1) is 0 Å². The Balaban J connectivity index is 1.77. The number of ether oxygens (including phenoxy) is 1. The summed E-state index contributed by atoms with van der Waals surface area (Å²) >= 11 is 0. The highest BCUT2D eigenvalue weighted by Crippen LogP contribution is 2.39. The van der Waals surface area contributed by atoms with Crippen molar-refractivity contribution in [2.45, 2.75) is 45.6 Å².